The Balaban J connectivity index is 2.43. The Kier molecular flexibility index (Phi) is 4.18. The number of fused-ring (bicyclic) bond motifs is 1. The summed E-state index contributed by atoms with van der Waals surface area (Å²) in [6.45, 7) is 1.68. The number of primary amides is 1. The van der Waals surface area contributed by atoms with E-state index in [0.29, 0.717) is 10.9 Å². The van der Waals surface area contributed by atoms with Crippen molar-refractivity contribution in [3.8, 4) is 0 Å². The molecular weight excluding hydrogens is 273 g/mol. The van der Waals surface area contributed by atoms with Crippen LogP contribution in [0.1, 0.15) is 18.4 Å². The van der Waals surface area contributed by atoms with Crippen molar-refractivity contribution in [3.05, 3.63) is 47.8 Å². The van der Waals surface area contributed by atoms with Crippen molar-refractivity contribution in [2.75, 3.05) is 0 Å². The zero-order valence-electron chi connectivity index (χ0n) is 11.5. The summed E-state index contributed by atoms with van der Waals surface area (Å²) >= 11 is 0. The number of hydrogen-bond donors (Lipinski definition) is 3. The van der Waals surface area contributed by atoms with Crippen LogP contribution < -0.4 is 11.5 Å². The van der Waals surface area contributed by atoms with Crippen LogP contribution in [0.5, 0.6) is 0 Å². The van der Waals surface area contributed by atoms with Crippen molar-refractivity contribution in [1.29, 1.82) is 5.41 Å². The molecule has 110 valence electrons. The Morgan fingerprint density at radius 3 is 2.62 bits per heavy atom. The quantitative estimate of drug-likeness (QED) is 0.597. The van der Waals surface area contributed by atoms with Crippen LogP contribution in [0.4, 0.5) is 9.18 Å². The van der Waals surface area contributed by atoms with Crippen molar-refractivity contribution >= 4 is 22.8 Å². The maximum absolute atomic E-state index is 14.2. The second-order valence-electron chi connectivity index (χ2n) is 4.78. The van der Waals surface area contributed by atoms with Crippen molar-refractivity contribution in [2.45, 2.75) is 18.9 Å². The highest BCUT2D eigenvalue weighted by atomic mass is 19.1. The molecule has 2 atom stereocenters. The average Bonchev–Trinajstić information content (AvgIpc) is 2.45. The minimum Gasteiger partial charge on any atom is -0.394 e. The highest BCUT2D eigenvalue weighted by Crippen LogP contribution is 2.30. The van der Waals surface area contributed by atoms with Crippen LogP contribution in [0.3, 0.4) is 0 Å². The molecule has 5 N–H and O–H groups in total. The van der Waals surface area contributed by atoms with E-state index in [4.69, 9.17) is 16.9 Å². The van der Waals surface area contributed by atoms with Gasteiger partial charge >= 0.3 is 6.09 Å². The van der Waals surface area contributed by atoms with Gasteiger partial charge in [0.05, 0.1) is 6.04 Å². The lowest BCUT2D eigenvalue weighted by Gasteiger charge is -2.22. The number of benzene rings is 2. The summed E-state index contributed by atoms with van der Waals surface area (Å²) < 4.78 is 18.7. The highest BCUT2D eigenvalue weighted by molar-refractivity contribution is 5.91. The third-order valence-corrected chi connectivity index (χ3v) is 3.42. The molecule has 2 unspecified atom stereocenters. The summed E-state index contributed by atoms with van der Waals surface area (Å²) in [5.41, 5.74) is 11.1. The van der Waals surface area contributed by atoms with Gasteiger partial charge in [-0.3, -0.25) is 5.41 Å². The van der Waals surface area contributed by atoms with Crippen LogP contribution in [0, 0.1) is 11.2 Å². The van der Waals surface area contributed by atoms with Gasteiger partial charge in [-0.15, -0.1) is 0 Å². The van der Waals surface area contributed by atoms with Crippen LogP contribution in [-0.4, -0.2) is 18.0 Å². The molecule has 21 heavy (non-hydrogen) atoms. The molecule has 5 nitrogen and oxygen atoms in total. The van der Waals surface area contributed by atoms with Crippen LogP contribution in [0.2, 0.25) is 0 Å². The fourth-order valence-corrected chi connectivity index (χ4v) is 2.31. The topological polar surface area (TPSA) is 102 Å². The molecule has 0 radical (unpaired) electrons. The number of nitrogens with one attached hydrogen (secondary N) is 1. The van der Waals surface area contributed by atoms with E-state index in [1.807, 2.05) is 12.1 Å². The van der Waals surface area contributed by atoms with E-state index >= 15 is 0 Å². The number of carbonyl (C=O) groups is 1. The van der Waals surface area contributed by atoms with E-state index in [2.05, 4.69) is 4.74 Å². The monoisotopic (exact) mass is 289 g/mol. The molecule has 2 aromatic carbocycles. The molecule has 0 aliphatic carbocycles. The average molecular weight is 289 g/mol. The summed E-state index contributed by atoms with van der Waals surface area (Å²) in [4.78, 5) is 10.7. The molecule has 0 aromatic heterocycles. The summed E-state index contributed by atoms with van der Waals surface area (Å²) in [6, 6.07) is 9.37. The summed E-state index contributed by atoms with van der Waals surface area (Å²) in [7, 11) is 0. The third kappa shape index (κ3) is 3.00. The molecule has 0 saturated carbocycles. The van der Waals surface area contributed by atoms with Gasteiger partial charge in [0.1, 0.15) is 5.82 Å². The SMILES string of the molecule is CC(c1c(F)ccc2ccccc12)C(N)C(=N)OC(N)=O. The first-order valence-corrected chi connectivity index (χ1v) is 6.40. The van der Waals surface area contributed by atoms with Crippen LogP contribution in [-0.2, 0) is 4.74 Å². The molecule has 0 aliphatic heterocycles. The molecule has 0 saturated heterocycles. The molecule has 0 aliphatic rings. The van der Waals surface area contributed by atoms with Gasteiger partial charge in [-0.1, -0.05) is 37.3 Å². The zero-order chi connectivity index (χ0) is 15.6. The molecule has 2 aromatic rings. The standard InChI is InChI=1S/C15H16FN3O2/c1-8(13(17)14(18)21-15(19)20)12-10-5-3-2-4-9(10)6-7-11(12)16/h2-8,13,18H,17H2,1H3,(H2,19,20). The number of hydrogen-bond acceptors (Lipinski definition) is 4. The first kappa shape index (κ1) is 14.9. The number of rotatable bonds is 3. The zero-order valence-corrected chi connectivity index (χ0v) is 11.5. The van der Waals surface area contributed by atoms with Gasteiger partial charge in [0.15, 0.2) is 0 Å². The van der Waals surface area contributed by atoms with Gasteiger partial charge < -0.3 is 16.2 Å². The van der Waals surface area contributed by atoms with Crippen LogP contribution in [0.15, 0.2) is 36.4 Å². The third-order valence-electron chi connectivity index (χ3n) is 3.42. The molecule has 2 rings (SSSR count). The van der Waals surface area contributed by atoms with E-state index in [-0.39, 0.29) is 0 Å². The van der Waals surface area contributed by atoms with Crippen LogP contribution >= 0.6 is 0 Å². The Labute approximate surface area is 121 Å². The van der Waals surface area contributed by atoms with E-state index in [1.165, 1.54) is 6.07 Å². The first-order chi connectivity index (χ1) is 9.91. The number of ether oxygens (including phenoxy) is 1. The summed E-state index contributed by atoms with van der Waals surface area (Å²) in [5, 5.41) is 9.20. The van der Waals surface area contributed by atoms with Gasteiger partial charge in [0, 0.05) is 11.5 Å². The van der Waals surface area contributed by atoms with Gasteiger partial charge in [0.25, 0.3) is 0 Å². The minimum atomic E-state index is -1.11. The lowest BCUT2D eigenvalue weighted by Crippen LogP contribution is -2.39. The minimum absolute atomic E-state index is 0.387. The normalized spacial score (nSPS) is 13.7. The predicted molar refractivity (Wildman–Crippen MR) is 78.7 cm³/mol. The van der Waals surface area contributed by atoms with Crippen molar-refractivity contribution < 1.29 is 13.9 Å². The number of halogens is 1. The lowest BCUT2D eigenvalue weighted by molar-refractivity contribution is 0.204. The molecule has 0 heterocycles. The van der Waals surface area contributed by atoms with E-state index in [0.717, 1.165) is 5.39 Å². The Morgan fingerprint density at radius 2 is 1.95 bits per heavy atom. The molecular formula is C15H16FN3O2. The summed E-state index contributed by atoms with van der Waals surface area (Å²) in [6.07, 6.45) is -1.11. The molecule has 0 bridgehead atoms. The second-order valence-corrected chi connectivity index (χ2v) is 4.78. The van der Waals surface area contributed by atoms with Gasteiger partial charge in [-0.2, -0.15) is 0 Å². The van der Waals surface area contributed by atoms with Crippen molar-refractivity contribution in [1.82, 2.24) is 0 Å². The Hall–Kier alpha value is -2.47. The maximum atomic E-state index is 14.2. The predicted octanol–water partition coefficient (Wildman–Crippen LogP) is 2.48. The fourth-order valence-electron chi connectivity index (χ4n) is 2.31. The van der Waals surface area contributed by atoms with Crippen LogP contribution in [0.25, 0.3) is 10.8 Å². The van der Waals surface area contributed by atoms with Crippen molar-refractivity contribution in [2.24, 2.45) is 11.5 Å². The molecule has 0 fully saturated rings. The lowest BCUT2D eigenvalue weighted by atomic mass is 9.89. The van der Waals surface area contributed by atoms with E-state index in [1.54, 1.807) is 25.1 Å². The Morgan fingerprint density at radius 1 is 1.29 bits per heavy atom. The smallest absolute Gasteiger partial charge is 0.394 e. The summed E-state index contributed by atoms with van der Waals surface area (Å²) in [5.74, 6) is -1.45. The van der Waals surface area contributed by atoms with Gasteiger partial charge in [-0.25, -0.2) is 9.18 Å². The number of carbonyl (C=O) groups excluding carboxylic acids is 1. The molecule has 1 amide bonds. The number of amides is 1. The first-order valence-electron chi connectivity index (χ1n) is 6.40. The molecule has 0 spiro atoms. The van der Waals surface area contributed by atoms with E-state index < -0.39 is 29.8 Å². The largest absolute Gasteiger partial charge is 0.411 e. The fraction of sp³-hybridized carbons (Fsp3) is 0.200. The van der Waals surface area contributed by atoms with Gasteiger partial charge in [0.2, 0.25) is 5.90 Å². The Bertz CT molecular complexity index is 702. The second kappa shape index (κ2) is 5.88. The number of nitrogens with two attached hydrogens (primary N) is 2. The highest BCUT2D eigenvalue weighted by Gasteiger charge is 2.26. The maximum Gasteiger partial charge on any atom is 0.411 e. The van der Waals surface area contributed by atoms with Crippen molar-refractivity contribution in [3.63, 3.8) is 0 Å². The molecule has 6 heteroatoms. The van der Waals surface area contributed by atoms with E-state index in [9.17, 15) is 9.18 Å². The van der Waals surface area contributed by atoms with Gasteiger partial charge in [-0.05, 0) is 16.8 Å².